The highest BCUT2D eigenvalue weighted by Crippen LogP contribution is 2.64. The zero-order valence-corrected chi connectivity index (χ0v) is 26.1. The van der Waals surface area contributed by atoms with E-state index >= 15 is 0 Å². The van der Waals surface area contributed by atoms with Crippen molar-refractivity contribution in [2.45, 2.75) is 26.2 Å². The molecule has 8 aromatic rings. The highest BCUT2D eigenvalue weighted by atomic mass is 16.5. The third kappa shape index (κ3) is 3.11. The van der Waals surface area contributed by atoms with Crippen molar-refractivity contribution in [2.24, 2.45) is 0 Å². The Kier molecular flexibility index (Phi) is 5.02. The van der Waals surface area contributed by atoms with Crippen LogP contribution in [0.25, 0.3) is 32.3 Å². The maximum Gasteiger partial charge on any atom is 0.132 e. The van der Waals surface area contributed by atoms with E-state index in [-0.39, 0.29) is 0 Å². The van der Waals surface area contributed by atoms with E-state index in [4.69, 9.17) is 4.74 Å². The fourth-order valence-electron chi connectivity index (χ4n) is 8.91. The third-order valence-electron chi connectivity index (χ3n) is 10.5. The van der Waals surface area contributed by atoms with Gasteiger partial charge in [-0.05, 0) is 94.2 Å². The largest absolute Gasteiger partial charge is 0.457 e. The standard InChI is InChI=1S/C44H31NO/c1-26-23-27(2)42(28(3)24-26)45-37-16-7-4-13-33(37)44(34-14-5-8-17-38(34)46-39-18-9-6-15-35(39)44)36-25-31-20-19-29-11-10-12-30-21-22-32(43(36)45)41(31)40(29)30/h4-25H,1-3H3. The Hall–Kier alpha value is -5.60. The second-order valence-corrected chi connectivity index (χ2v) is 13.1. The van der Waals surface area contributed by atoms with Crippen LogP contribution in [0.2, 0.25) is 0 Å². The normalized spacial score (nSPS) is 14.3. The van der Waals surface area contributed by atoms with Gasteiger partial charge in [-0.25, -0.2) is 0 Å². The molecule has 0 saturated carbocycles. The van der Waals surface area contributed by atoms with Crippen LogP contribution in [0.4, 0.5) is 17.1 Å². The molecule has 0 aliphatic carbocycles. The van der Waals surface area contributed by atoms with Crippen LogP contribution < -0.4 is 9.64 Å². The summed E-state index contributed by atoms with van der Waals surface area (Å²) in [6.45, 7) is 6.72. The van der Waals surface area contributed by atoms with E-state index in [1.807, 2.05) is 0 Å². The molecule has 8 aromatic carbocycles. The molecule has 0 unspecified atom stereocenters. The van der Waals surface area contributed by atoms with Crippen molar-refractivity contribution < 1.29 is 4.74 Å². The van der Waals surface area contributed by atoms with Crippen molar-refractivity contribution >= 4 is 49.4 Å². The predicted molar refractivity (Wildman–Crippen MR) is 191 cm³/mol. The second-order valence-electron chi connectivity index (χ2n) is 13.1. The fourth-order valence-corrected chi connectivity index (χ4v) is 8.91. The maximum absolute atomic E-state index is 6.68. The van der Waals surface area contributed by atoms with Gasteiger partial charge in [-0.15, -0.1) is 0 Å². The molecule has 0 fully saturated rings. The van der Waals surface area contributed by atoms with Gasteiger partial charge in [0.05, 0.1) is 22.5 Å². The van der Waals surface area contributed by atoms with Gasteiger partial charge in [0.25, 0.3) is 0 Å². The number of fused-ring (bicyclic) bond motifs is 9. The SMILES string of the molecule is Cc1cc(C)c(N2c3ccccc3C3(c4ccccc4Oc4ccccc43)c3cc4ccc5cccc6ccc(c32)c4c56)c(C)c1. The van der Waals surface area contributed by atoms with Crippen LogP contribution in [-0.2, 0) is 5.41 Å². The summed E-state index contributed by atoms with van der Waals surface area (Å²) in [7, 11) is 0. The summed E-state index contributed by atoms with van der Waals surface area (Å²) >= 11 is 0. The van der Waals surface area contributed by atoms with Crippen molar-refractivity contribution in [1.82, 2.24) is 0 Å². The molecule has 0 radical (unpaired) electrons. The molecule has 0 amide bonds. The van der Waals surface area contributed by atoms with Crippen LogP contribution in [0.15, 0.2) is 133 Å². The lowest BCUT2D eigenvalue weighted by atomic mass is 9.60. The predicted octanol–water partition coefficient (Wildman–Crippen LogP) is 11.8. The summed E-state index contributed by atoms with van der Waals surface area (Å²) in [5.74, 6) is 1.81. The zero-order chi connectivity index (χ0) is 30.7. The van der Waals surface area contributed by atoms with Crippen LogP contribution in [-0.4, -0.2) is 0 Å². The average Bonchev–Trinajstić information content (AvgIpc) is 3.07. The Morgan fingerprint density at radius 2 is 1.07 bits per heavy atom. The van der Waals surface area contributed by atoms with Gasteiger partial charge in [0.15, 0.2) is 0 Å². The molecule has 0 bridgehead atoms. The van der Waals surface area contributed by atoms with E-state index in [2.05, 4.69) is 159 Å². The van der Waals surface area contributed by atoms with Gasteiger partial charge in [0.2, 0.25) is 0 Å². The molecular weight excluding hydrogens is 558 g/mol. The number of nitrogens with zero attached hydrogens (tertiary/aromatic N) is 1. The van der Waals surface area contributed by atoms with Gasteiger partial charge < -0.3 is 9.64 Å². The number of rotatable bonds is 1. The Morgan fingerprint density at radius 1 is 0.478 bits per heavy atom. The van der Waals surface area contributed by atoms with Crippen LogP contribution in [0.3, 0.4) is 0 Å². The number of benzene rings is 8. The smallest absolute Gasteiger partial charge is 0.132 e. The van der Waals surface area contributed by atoms with E-state index in [1.165, 1.54) is 88.3 Å². The van der Waals surface area contributed by atoms with Gasteiger partial charge in [0.1, 0.15) is 11.5 Å². The van der Waals surface area contributed by atoms with E-state index in [0.29, 0.717) is 0 Å². The first-order valence-corrected chi connectivity index (χ1v) is 16.1. The third-order valence-corrected chi connectivity index (χ3v) is 10.5. The molecule has 2 aliphatic rings. The minimum absolute atomic E-state index is 0.592. The molecule has 2 heterocycles. The van der Waals surface area contributed by atoms with Crippen LogP contribution in [0.5, 0.6) is 11.5 Å². The van der Waals surface area contributed by atoms with Crippen LogP contribution in [0.1, 0.15) is 38.9 Å². The van der Waals surface area contributed by atoms with E-state index in [1.54, 1.807) is 0 Å². The lowest BCUT2D eigenvalue weighted by Gasteiger charge is -2.49. The number of para-hydroxylation sites is 3. The molecule has 218 valence electrons. The quantitative estimate of drug-likeness (QED) is 0.177. The topological polar surface area (TPSA) is 12.5 Å². The maximum atomic E-state index is 6.68. The van der Waals surface area contributed by atoms with Crippen molar-refractivity contribution in [1.29, 1.82) is 0 Å². The molecule has 2 heteroatoms. The summed E-state index contributed by atoms with van der Waals surface area (Å²) in [5, 5.41) is 7.74. The lowest BCUT2D eigenvalue weighted by molar-refractivity contribution is 0.434. The Morgan fingerprint density at radius 3 is 1.76 bits per heavy atom. The molecule has 0 saturated heterocycles. The molecule has 2 nitrogen and oxygen atoms in total. The van der Waals surface area contributed by atoms with Gasteiger partial charge in [-0.1, -0.05) is 115 Å². The highest BCUT2D eigenvalue weighted by molar-refractivity contribution is 6.27. The summed E-state index contributed by atoms with van der Waals surface area (Å²) < 4.78 is 6.68. The Balaban J connectivity index is 1.48. The summed E-state index contributed by atoms with van der Waals surface area (Å²) in [4.78, 5) is 2.58. The summed E-state index contributed by atoms with van der Waals surface area (Å²) in [6.07, 6.45) is 0. The molecule has 2 aliphatic heterocycles. The van der Waals surface area contributed by atoms with Crippen molar-refractivity contribution in [3.8, 4) is 11.5 Å². The Bertz CT molecular complexity index is 2470. The van der Waals surface area contributed by atoms with Gasteiger partial charge in [-0.2, -0.15) is 0 Å². The lowest BCUT2D eigenvalue weighted by Crippen LogP contribution is -2.40. The molecule has 0 aromatic heterocycles. The van der Waals surface area contributed by atoms with Crippen molar-refractivity contribution in [2.75, 3.05) is 4.90 Å². The van der Waals surface area contributed by atoms with E-state index < -0.39 is 5.41 Å². The molecular formula is C44H31NO. The first-order chi connectivity index (χ1) is 22.6. The zero-order valence-electron chi connectivity index (χ0n) is 26.1. The number of aryl methyl sites for hydroxylation is 3. The van der Waals surface area contributed by atoms with Gasteiger partial charge >= 0.3 is 0 Å². The minimum Gasteiger partial charge on any atom is -0.457 e. The minimum atomic E-state index is -0.592. The molecule has 46 heavy (non-hydrogen) atoms. The van der Waals surface area contributed by atoms with Gasteiger partial charge in [-0.3, -0.25) is 0 Å². The number of hydrogen-bond acceptors (Lipinski definition) is 2. The molecule has 0 N–H and O–H groups in total. The highest BCUT2D eigenvalue weighted by Gasteiger charge is 2.52. The van der Waals surface area contributed by atoms with Crippen LogP contribution in [0, 0.1) is 20.8 Å². The molecule has 0 atom stereocenters. The fraction of sp³-hybridized carbons (Fsp3) is 0.0909. The van der Waals surface area contributed by atoms with Crippen LogP contribution >= 0.6 is 0 Å². The summed E-state index contributed by atoms with van der Waals surface area (Å²) in [6, 6.07) is 49.4. The Labute approximate surface area is 268 Å². The average molecular weight is 590 g/mol. The molecule has 1 spiro atoms. The number of ether oxygens (including phenoxy) is 1. The van der Waals surface area contributed by atoms with Crippen molar-refractivity contribution in [3.05, 3.63) is 172 Å². The number of anilines is 3. The molecule has 10 rings (SSSR count). The number of hydrogen-bond donors (Lipinski definition) is 0. The first kappa shape index (κ1) is 25.7. The van der Waals surface area contributed by atoms with Gasteiger partial charge in [0, 0.05) is 16.5 Å². The second kappa shape index (κ2) is 8.99. The first-order valence-electron chi connectivity index (χ1n) is 16.1. The summed E-state index contributed by atoms with van der Waals surface area (Å²) in [5.41, 5.74) is 11.8. The monoisotopic (exact) mass is 589 g/mol. The van der Waals surface area contributed by atoms with E-state index in [0.717, 1.165) is 11.5 Å². The van der Waals surface area contributed by atoms with Crippen molar-refractivity contribution in [3.63, 3.8) is 0 Å². The van der Waals surface area contributed by atoms with E-state index in [9.17, 15) is 0 Å².